The van der Waals surface area contributed by atoms with Crippen LogP contribution in [-0.2, 0) is 0 Å². The van der Waals surface area contributed by atoms with Crippen molar-refractivity contribution in [1.82, 2.24) is 0 Å². The van der Waals surface area contributed by atoms with Crippen molar-refractivity contribution >= 4 is 11.6 Å². The van der Waals surface area contributed by atoms with E-state index in [0.717, 1.165) is 11.5 Å². The van der Waals surface area contributed by atoms with E-state index in [0.29, 0.717) is 11.8 Å². The summed E-state index contributed by atoms with van der Waals surface area (Å²) in [5.74, 6) is 1.74. The highest BCUT2D eigenvalue weighted by atomic mass is 16.5. The molecule has 1 aromatic rings. The SMILES string of the molecule is C/C(=N\N=C(/C)C(C)C)Oc1ccc(C)cc1.CC. The van der Waals surface area contributed by atoms with Crippen LogP contribution in [-0.4, -0.2) is 11.6 Å². The standard InChI is InChI=1S/C14H20N2O.C2H6/c1-10(2)12(4)15-16-13(5)17-14-8-6-11(3)7-9-14;1-2/h6-10H,1-5H3;1-2H3/b15-12+,16-13+;. The zero-order chi connectivity index (χ0) is 14.8. The molecule has 0 saturated heterocycles. The van der Waals surface area contributed by atoms with E-state index in [2.05, 4.69) is 24.1 Å². The van der Waals surface area contributed by atoms with Crippen molar-refractivity contribution in [2.45, 2.75) is 48.5 Å². The largest absolute Gasteiger partial charge is 0.442 e. The van der Waals surface area contributed by atoms with Crippen LogP contribution >= 0.6 is 0 Å². The van der Waals surface area contributed by atoms with Crippen LogP contribution in [0.3, 0.4) is 0 Å². The van der Waals surface area contributed by atoms with E-state index < -0.39 is 0 Å². The van der Waals surface area contributed by atoms with Crippen LogP contribution < -0.4 is 4.74 Å². The molecule has 0 amide bonds. The van der Waals surface area contributed by atoms with Crippen LogP contribution in [0.25, 0.3) is 0 Å². The minimum atomic E-state index is 0.408. The molecule has 106 valence electrons. The van der Waals surface area contributed by atoms with Gasteiger partial charge >= 0.3 is 0 Å². The maximum atomic E-state index is 5.54. The number of hydrogen-bond acceptors (Lipinski definition) is 3. The van der Waals surface area contributed by atoms with Gasteiger partial charge in [0.2, 0.25) is 5.90 Å². The van der Waals surface area contributed by atoms with Crippen molar-refractivity contribution in [1.29, 1.82) is 0 Å². The Morgan fingerprint density at radius 2 is 1.53 bits per heavy atom. The van der Waals surface area contributed by atoms with Crippen LogP contribution in [0.5, 0.6) is 5.75 Å². The Kier molecular flexibility index (Phi) is 8.51. The lowest BCUT2D eigenvalue weighted by atomic mass is 10.1. The number of benzene rings is 1. The molecule has 3 nitrogen and oxygen atoms in total. The molecule has 0 aliphatic rings. The van der Waals surface area contributed by atoms with Gasteiger partial charge in [0.15, 0.2) is 0 Å². The van der Waals surface area contributed by atoms with E-state index in [1.165, 1.54) is 5.56 Å². The van der Waals surface area contributed by atoms with Gasteiger partial charge in [-0.3, -0.25) is 0 Å². The van der Waals surface area contributed by atoms with E-state index in [9.17, 15) is 0 Å². The first-order chi connectivity index (χ1) is 8.99. The summed E-state index contributed by atoms with van der Waals surface area (Å²) in [5, 5.41) is 8.16. The van der Waals surface area contributed by atoms with Gasteiger partial charge in [0.05, 0.1) is 0 Å². The first-order valence-electron chi connectivity index (χ1n) is 6.82. The molecule has 0 bridgehead atoms. The molecular weight excluding hydrogens is 236 g/mol. The maximum absolute atomic E-state index is 5.54. The molecule has 0 aliphatic heterocycles. The van der Waals surface area contributed by atoms with Crippen LogP contribution in [0.15, 0.2) is 34.5 Å². The summed E-state index contributed by atoms with van der Waals surface area (Å²) in [6.45, 7) is 14.0. The highest BCUT2D eigenvalue weighted by Gasteiger charge is 1.98. The molecule has 3 heteroatoms. The van der Waals surface area contributed by atoms with Gasteiger partial charge < -0.3 is 4.74 Å². The maximum Gasteiger partial charge on any atom is 0.211 e. The number of rotatable bonds is 3. The Morgan fingerprint density at radius 1 is 1.00 bits per heavy atom. The molecule has 0 aliphatic carbocycles. The molecular formula is C16H26N2O. The summed E-state index contributed by atoms with van der Waals surface area (Å²) in [6, 6.07) is 7.86. The highest BCUT2D eigenvalue weighted by molar-refractivity contribution is 5.84. The summed E-state index contributed by atoms with van der Waals surface area (Å²) in [5.41, 5.74) is 2.21. The van der Waals surface area contributed by atoms with E-state index in [1.807, 2.05) is 52.0 Å². The number of ether oxygens (including phenoxy) is 1. The molecule has 0 saturated carbocycles. The topological polar surface area (TPSA) is 34.0 Å². The number of hydrogen-bond donors (Lipinski definition) is 0. The first kappa shape index (κ1) is 17.4. The molecule has 1 aromatic carbocycles. The van der Waals surface area contributed by atoms with Crippen LogP contribution in [0.1, 0.15) is 47.1 Å². The number of nitrogens with zero attached hydrogens (tertiary/aromatic N) is 2. The summed E-state index contributed by atoms with van der Waals surface area (Å²) in [6.07, 6.45) is 0. The molecule has 0 fully saturated rings. The van der Waals surface area contributed by atoms with Crippen molar-refractivity contribution in [3.05, 3.63) is 29.8 Å². The van der Waals surface area contributed by atoms with E-state index in [4.69, 9.17) is 4.74 Å². The second-order valence-electron chi connectivity index (χ2n) is 4.43. The molecule has 0 N–H and O–H groups in total. The molecule has 0 radical (unpaired) electrons. The second-order valence-corrected chi connectivity index (χ2v) is 4.43. The van der Waals surface area contributed by atoms with Gasteiger partial charge in [0.1, 0.15) is 5.75 Å². The molecule has 0 heterocycles. The minimum absolute atomic E-state index is 0.408. The zero-order valence-corrected chi connectivity index (χ0v) is 13.2. The molecule has 0 spiro atoms. The van der Waals surface area contributed by atoms with Crippen LogP contribution in [0.4, 0.5) is 0 Å². The predicted octanol–water partition coefficient (Wildman–Crippen LogP) is 4.85. The summed E-state index contributed by atoms with van der Waals surface area (Å²) >= 11 is 0. The van der Waals surface area contributed by atoms with Gasteiger partial charge in [-0.1, -0.05) is 45.4 Å². The Hall–Kier alpha value is -1.64. The second kappa shape index (κ2) is 9.31. The van der Waals surface area contributed by atoms with E-state index in [-0.39, 0.29) is 0 Å². The van der Waals surface area contributed by atoms with Crippen molar-refractivity contribution < 1.29 is 4.74 Å². The lowest BCUT2D eigenvalue weighted by Crippen LogP contribution is -2.05. The van der Waals surface area contributed by atoms with Gasteiger partial charge in [-0.25, -0.2) is 0 Å². The first-order valence-corrected chi connectivity index (χ1v) is 6.82. The third kappa shape index (κ3) is 7.39. The van der Waals surface area contributed by atoms with Gasteiger partial charge in [-0.2, -0.15) is 5.10 Å². The Balaban J connectivity index is 0.00000154. The molecule has 19 heavy (non-hydrogen) atoms. The van der Waals surface area contributed by atoms with E-state index >= 15 is 0 Å². The quantitative estimate of drug-likeness (QED) is 0.435. The average Bonchev–Trinajstić information content (AvgIpc) is 2.41. The van der Waals surface area contributed by atoms with Crippen molar-refractivity contribution in [2.24, 2.45) is 16.1 Å². The van der Waals surface area contributed by atoms with Crippen molar-refractivity contribution in [3.63, 3.8) is 0 Å². The smallest absolute Gasteiger partial charge is 0.211 e. The minimum Gasteiger partial charge on any atom is -0.442 e. The van der Waals surface area contributed by atoms with E-state index in [1.54, 1.807) is 6.92 Å². The lowest BCUT2D eigenvalue weighted by molar-refractivity contribution is 0.543. The summed E-state index contributed by atoms with van der Waals surface area (Å²) < 4.78 is 5.54. The predicted molar refractivity (Wildman–Crippen MR) is 84.2 cm³/mol. The van der Waals surface area contributed by atoms with Crippen LogP contribution in [0.2, 0.25) is 0 Å². The van der Waals surface area contributed by atoms with Crippen molar-refractivity contribution in [3.8, 4) is 5.75 Å². The summed E-state index contributed by atoms with van der Waals surface area (Å²) in [7, 11) is 0. The average molecular weight is 262 g/mol. The third-order valence-corrected chi connectivity index (χ3v) is 2.47. The molecule has 0 aromatic heterocycles. The fourth-order valence-electron chi connectivity index (χ4n) is 1.06. The Morgan fingerprint density at radius 3 is 2.00 bits per heavy atom. The number of aryl methyl sites for hydroxylation is 1. The fourth-order valence-corrected chi connectivity index (χ4v) is 1.06. The van der Waals surface area contributed by atoms with Gasteiger partial charge in [-0.05, 0) is 31.9 Å². The monoisotopic (exact) mass is 262 g/mol. The van der Waals surface area contributed by atoms with Gasteiger partial charge in [0.25, 0.3) is 0 Å². The summed E-state index contributed by atoms with van der Waals surface area (Å²) in [4.78, 5) is 0. The zero-order valence-electron chi connectivity index (χ0n) is 13.2. The Labute approximate surface area is 117 Å². The van der Waals surface area contributed by atoms with Gasteiger partial charge in [0, 0.05) is 12.6 Å². The van der Waals surface area contributed by atoms with Crippen LogP contribution in [0, 0.1) is 12.8 Å². The Bertz CT molecular complexity index is 417. The van der Waals surface area contributed by atoms with Crippen molar-refractivity contribution in [2.75, 3.05) is 0 Å². The van der Waals surface area contributed by atoms with Gasteiger partial charge in [-0.15, -0.1) is 5.10 Å². The highest BCUT2D eigenvalue weighted by Crippen LogP contribution is 2.11. The third-order valence-electron chi connectivity index (χ3n) is 2.47. The lowest BCUT2D eigenvalue weighted by Gasteiger charge is -2.04. The molecule has 1 rings (SSSR count). The molecule has 0 unspecified atom stereocenters. The normalized spacial score (nSPS) is 12.0. The fraction of sp³-hybridized carbons (Fsp3) is 0.500. The molecule has 0 atom stereocenters.